The zero-order valence-corrected chi connectivity index (χ0v) is 47.1. The number of carbonyl (C=O) groups is 3. The third-order valence-electron chi connectivity index (χ3n) is 12.1. The predicted octanol–water partition coefficient (Wildman–Crippen LogP) is 20.2. The molecule has 0 aliphatic rings. The average Bonchev–Trinajstić information content (AvgIpc) is 3.39. The van der Waals surface area contributed by atoms with Crippen LogP contribution in [-0.4, -0.2) is 37.2 Å². The molecule has 0 aliphatic heterocycles. The number of hydrogen-bond acceptors (Lipinski definition) is 6. The lowest BCUT2D eigenvalue weighted by Gasteiger charge is -2.18. The largest absolute Gasteiger partial charge is 0.462 e. The first kappa shape index (κ1) is 68.6. The van der Waals surface area contributed by atoms with Gasteiger partial charge in [-0.2, -0.15) is 0 Å². The second kappa shape index (κ2) is 60.1. The van der Waals surface area contributed by atoms with E-state index in [-0.39, 0.29) is 31.1 Å². The van der Waals surface area contributed by atoms with Crippen molar-refractivity contribution in [1.29, 1.82) is 0 Å². The first-order valence-corrected chi connectivity index (χ1v) is 29.7. The van der Waals surface area contributed by atoms with Gasteiger partial charge < -0.3 is 14.2 Å². The number of ether oxygens (including phenoxy) is 3. The van der Waals surface area contributed by atoms with Crippen molar-refractivity contribution in [3.63, 3.8) is 0 Å². The van der Waals surface area contributed by atoms with Gasteiger partial charge in [-0.25, -0.2) is 0 Å². The zero-order valence-electron chi connectivity index (χ0n) is 47.1. The number of rotatable bonds is 52. The van der Waals surface area contributed by atoms with Gasteiger partial charge >= 0.3 is 17.9 Å². The van der Waals surface area contributed by atoms with Gasteiger partial charge in [-0.3, -0.25) is 14.4 Å². The Balaban J connectivity index is 4.52. The van der Waals surface area contributed by atoms with Crippen molar-refractivity contribution in [3.05, 3.63) is 134 Å². The standard InChI is InChI=1S/C67H108O6/c1-4-7-10-13-16-19-22-25-28-31-33-36-39-42-45-48-51-54-57-60-66(69)72-63-64(62-71-65(68)59-56-53-50-47-44-41-38-35-30-27-24-21-18-15-12-9-6-3)73-67(70)61-58-55-52-49-46-43-40-37-34-32-29-26-23-20-17-14-11-8-5-2/h7,9-10,12,16-21,25-30,33,36,38,41-42,45,64H,4-6,8,11,13-15,22-24,31-32,34-35,37,39-40,43-44,46-63H2,1-3H3/b10-7-,12-9-,19-16-,20-17-,21-18-,28-25-,29-26-,30-27-,36-33-,41-38-,45-42-/t64-/m0/s1. The lowest BCUT2D eigenvalue weighted by atomic mass is 10.1. The fourth-order valence-electron chi connectivity index (χ4n) is 7.72. The maximum absolute atomic E-state index is 12.9. The van der Waals surface area contributed by atoms with Crippen molar-refractivity contribution < 1.29 is 28.6 Å². The second-order valence-electron chi connectivity index (χ2n) is 19.1. The van der Waals surface area contributed by atoms with Crippen LogP contribution in [0.25, 0.3) is 0 Å². The third kappa shape index (κ3) is 58.3. The summed E-state index contributed by atoms with van der Waals surface area (Å²) in [5.74, 6) is -0.967. The molecule has 0 aromatic rings. The molecule has 0 fully saturated rings. The molecule has 0 rings (SSSR count). The van der Waals surface area contributed by atoms with Crippen molar-refractivity contribution in [2.45, 2.75) is 258 Å². The van der Waals surface area contributed by atoms with Crippen molar-refractivity contribution in [2.24, 2.45) is 0 Å². The van der Waals surface area contributed by atoms with Crippen molar-refractivity contribution in [2.75, 3.05) is 13.2 Å². The van der Waals surface area contributed by atoms with Crippen LogP contribution in [0, 0.1) is 0 Å². The molecule has 0 N–H and O–H groups in total. The Hall–Kier alpha value is -4.45. The van der Waals surface area contributed by atoms with Crippen molar-refractivity contribution >= 4 is 17.9 Å². The van der Waals surface area contributed by atoms with Gasteiger partial charge in [-0.15, -0.1) is 0 Å². The van der Waals surface area contributed by atoms with E-state index < -0.39 is 6.10 Å². The Bertz CT molecular complexity index is 1580. The molecule has 1 atom stereocenters. The quantitative estimate of drug-likeness (QED) is 0.0261. The number of allylic oxidation sites excluding steroid dienone is 22. The summed E-state index contributed by atoms with van der Waals surface area (Å²) in [4.78, 5) is 38.2. The molecule has 0 radical (unpaired) electrons. The van der Waals surface area contributed by atoms with Gasteiger partial charge in [0.2, 0.25) is 0 Å². The Kier molecular flexibility index (Phi) is 56.4. The summed E-state index contributed by atoms with van der Waals surface area (Å²) in [5, 5.41) is 0. The van der Waals surface area contributed by atoms with Crippen LogP contribution >= 0.6 is 0 Å². The summed E-state index contributed by atoms with van der Waals surface area (Å²) in [6.07, 6.45) is 84.4. The maximum Gasteiger partial charge on any atom is 0.306 e. The van der Waals surface area contributed by atoms with Gasteiger partial charge in [0.1, 0.15) is 13.2 Å². The fourth-order valence-corrected chi connectivity index (χ4v) is 7.72. The van der Waals surface area contributed by atoms with Crippen LogP contribution in [0.1, 0.15) is 252 Å². The number of esters is 3. The van der Waals surface area contributed by atoms with E-state index in [2.05, 4.69) is 154 Å². The lowest BCUT2D eigenvalue weighted by Crippen LogP contribution is -2.30. The molecular formula is C67H108O6. The minimum atomic E-state index is -0.811. The van der Waals surface area contributed by atoms with E-state index in [1.165, 1.54) is 70.6 Å². The maximum atomic E-state index is 12.9. The number of unbranched alkanes of at least 4 members (excludes halogenated alkanes) is 19. The van der Waals surface area contributed by atoms with Crippen LogP contribution in [0.2, 0.25) is 0 Å². The second-order valence-corrected chi connectivity index (χ2v) is 19.1. The third-order valence-corrected chi connectivity index (χ3v) is 12.1. The number of hydrogen-bond donors (Lipinski definition) is 0. The summed E-state index contributed by atoms with van der Waals surface area (Å²) >= 11 is 0. The molecule has 6 heteroatoms. The monoisotopic (exact) mass is 1010 g/mol. The first-order chi connectivity index (χ1) is 36.0. The molecule has 0 amide bonds. The molecule has 0 saturated heterocycles. The van der Waals surface area contributed by atoms with E-state index >= 15 is 0 Å². The Labute approximate surface area is 449 Å². The van der Waals surface area contributed by atoms with E-state index in [9.17, 15) is 14.4 Å². The van der Waals surface area contributed by atoms with Crippen LogP contribution in [0.4, 0.5) is 0 Å². The van der Waals surface area contributed by atoms with Crippen LogP contribution in [0.3, 0.4) is 0 Å². The minimum absolute atomic E-state index is 0.107. The van der Waals surface area contributed by atoms with Gasteiger partial charge in [-0.05, 0) is 135 Å². The van der Waals surface area contributed by atoms with Crippen LogP contribution in [0.5, 0.6) is 0 Å². The molecule has 0 heterocycles. The Morgan fingerprint density at radius 1 is 0.288 bits per heavy atom. The molecule has 412 valence electrons. The molecule has 0 spiro atoms. The summed E-state index contributed by atoms with van der Waals surface area (Å²) in [6.45, 7) is 6.34. The van der Waals surface area contributed by atoms with E-state index in [1.54, 1.807) is 0 Å². The topological polar surface area (TPSA) is 78.9 Å². The highest BCUT2D eigenvalue weighted by Gasteiger charge is 2.19. The van der Waals surface area contributed by atoms with Crippen LogP contribution in [-0.2, 0) is 28.6 Å². The highest BCUT2D eigenvalue weighted by Crippen LogP contribution is 2.14. The van der Waals surface area contributed by atoms with Gasteiger partial charge in [0, 0.05) is 19.3 Å². The Morgan fingerprint density at radius 2 is 0.534 bits per heavy atom. The highest BCUT2D eigenvalue weighted by atomic mass is 16.6. The van der Waals surface area contributed by atoms with E-state index in [0.29, 0.717) is 19.3 Å². The summed E-state index contributed by atoms with van der Waals surface area (Å²) in [7, 11) is 0. The zero-order chi connectivity index (χ0) is 52.9. The summed E-state index contributed by atoms with van der Waals surface area (Å²) in [6, 6.07) is 0. The van der Waals surface area contributed by atoms with E-state index in [4.69, 9.17) is 14.2 Å². The van der Waals surface area contributed by atoms with E-state index in [1.807, 2.05) is 0 Å². The molecule has 0 unspecified atom stereocenters. The predicted molar refractivity (Wildman–Crippen MR) is 316 cm³/mol. The van der Waals surface area contributed by atoms with E-state index in [0.717, 1.165) is 141 Å². The van der Waals surface area contributed by atoms with Gasteiger partial charge in [-0.1, -0.05) is 231 Å². The molecule has 73 heavy (non-hydrogen) atoms. The summed E-state index contributed by atoms with van der Waals surface area (Å²) < 4.78 is 16.9. The lowest BCUT2D eigenvalue weighted by molar-refractivity contribution is -0.167. The number of carbonyl (C=O) groups excluding carboxylic acids is 3. The molecule has 0 saturated carbocycles. The fraction of sp³-hybridized carbons (Fsp3) is 0.627. The average molecular weight is 1010 g/mol. The smallest absolute Gasteiger partial charge is 0.306 e. The SMILES string of the molecule is CC/C=C\C/C=C\C/C=C\C/C=C\C/C=C\CCCCCC(=O)OC[C@H](COC(=O)CCCCCC/C=C\C/C=C\C/C=C\C/C=C\CC)OC(=O)CCCCCCCCCCC/C=C\C/C=C\CCCCC. The highest BCUT2D eigenvalue weighted by molar-refractivity contribution is 5.71. The molecule has 6 nitrogen and oxygen atoms in total. The molecule has 0 bridgehead atoms. The van der Waals surface area contributed by atoms with Crippen molar-refractivity contribution in [1.82, 2.24) is 0 Å². The van der Waals surface area contributed by atoms with Crippen LogP contribution < -0.4 is 0 Å². The minimum Gasteiger partial charge on any atom is -0.462 e. The van der Waals surface area contributed by atoms with Gasteiger partial charge in [0.25, 0.3) is 0 Å². The van der Waals surface area contributed by atoms with Gasteiger partial charge in [0.15, 0.2) is 6.10 Å². The van der Waals surface area contributed by atoms with Crippen LogP contribution in [0.15, 0.2) is 134 Å². The molecule has 0 aliphatic carbocycles. The summed E-state index contributed by atoms with van der Waals surface area (Å²) in [5.41, 5.74) is 0. The van der Waals surface area contributed by atoms with Gasteiger partial charge in [0.05, 0.1) is 0 Å². The molecule has 0 aromatic heterocycles. The molecular weight excluding hydrogens is 901 g/mol. The Morgan fingerprint density at radius 3 is 0.849 bits per heavy atom. The normalized spacial score (nSPS) is 13.1. The first-order valence-electron chi connectivity index (χ1n) is 29.7. The molecule has 0 aromatic carbocycles. The van der Waals surface area contributed by atoms with Crippen molar-refractivity contribution in [3.8, 4) is 0 Å².